The molecule has 2 aromatic rings. The number of hydrogen-bond acceptors (Lipinski definition) is 5. The third-order valence-electron chi connectivity index (χ3n) is 3.74. The minimum absolute atomic E-state index is 0.0626. The molecule has 1 amide bonds. The molecule has 1 aliphatic heterocycles. The normalized spacial score (nSPS) is 18.4. The number of hydrogen-bond donors (Lipinski definition) is 1. The number of carbonyl (C=O) groups is 1. The van der Waals surface area contributed by atoms with Gasteiger partial charge in [0.25, 0.3) is 0 Å². The van der Waals surface area contributed by atoms with Crippen LogP contribution in [0.4, 0.5) is 0 Å². The third-order valence-corrected chi connectivity index (χ3v) is 5.06. The lowest BCUT2D eigenvalue weighted by Gasteiger charge is -2.11. The number of thioether (sulfide) groups is 1. The first kappa shape index (κ1) is 19.5. The molecule has 1 N–H and O–H groups in total. The average Bonchev–Trinajstić information content (AvgIpc) is 2.97. The molecule has 0 spiro atoms. The van der Waals surface area contributed by atoms with Crippen molar-refractivity contribution in [3.8, 4) is 5.75 Å². The number of para-hydroxylation sites is 1. The Morgan fingerprint density at radius 2 is 1.96 bits per heavy atom. The van der Waals surface area contributed by atoms with Gasteiger partial charge in [0.05, 0.1) is 17.6 Å². The van der Waals surface area contributed by atoms with E-state index < -0.39 is 0 Å². The zero-order valence-corrected chi connectivity index (χ0v) is 16.6. The van der Waals surface area contributed by atoms with Gasteiger partial charge in [-0.05, 0) is 50.1 Å². The van der Waals surface area contributed by atoms with Gasteiger partial charge in [0.2, 0.25) is 5.91 Å². The molecule has 1 atom stereocenters. The largest absolute Gasteiger partial charge is 0.490 e. The zero-order valence-electron chi connectivity index (χ0n) is 15.1. The summed E-state index contributed by atoms with van der Waals surface area (Å²) in [7, 11) is 0. The van der Waals surface area contributed by atoms with Crippen LogP contribution in [0.15, 0.2) is 58.7 Å². The van der Waals surface area contributed by atoms with Crippen molar-refractivity contribution in [2.75, 3.05) is 0 Å². The topological polar surface area (TPSA) is 63.1 Å². The van der Waals surface area contributed by atoms with E-state index >= 15 is 0 Å². The Morgan fingerprint density at radius 1 is 1.22 bits per heavy atom. The molecule has 3 rings (SSSR count). The molecule has 0 bridgehead atoms. The number of benzene rings is 2. The second kappa shape index (κ2) is 9.06. The van der Waals surface area contributed by atoms with Crippen molar-refractivity contribution in [1.82, 2.24) is 5.32 Å². The summed E-state index contributed by atoms with van der Waals surface area (Å²) >= 11 is 7.28. The van der Waals surface area contributed by atoms with Gasteiger partial charge in [-0.1, -0.05) is 47.6 Å². The number of ether oxygens (including phenoxy) is 1. The predicted octanol–water partition coefficient (Wildman–Crippen LogP) is 4.29. The maximum absolute atomic E-state index is 12.2. The first-order valence-electron chi connectivity index (χ1n) is 8.60. The van der Waals surface area contributed by atoms with E-state index in [2.05, 4.69) is 15.5 Å². The number of rotatable bonds is 6. The molecule has 1 aliphatic rings. The SMILES string of the molecule is CC(C)Oc1ccccc1/C=N/N=C1\NC(=O)C(Cc2ccc(Cl)cc2)S1. The zero-order chi connectivity index (χ0) is 19.2. The average molecular weight is 402 g/mol. The smallest absolute Gasteiger partial charge is 0.239 e. The fourth-order valence-corrected chi connectivity index (χ4v) is 3.60. The summed E-state index contributed by atoms with van der Waals surface area (Å²) in [4.78, 5) is 12.2. The number of amidine groups is 1. The summed E-state index contributed by atoms with van der Waals surface area (Å²) in [5, 5.41) is 12.0. The lowest BCUT2D eigenvalue weighted by Crippen LogP contribution is -2.25. The molecule has 1 fully saturated rings. The molecule has 5 nitrogen and oxygen atoms in total. The molecule has 0 radical (unpaired) electrons. The number of carbonyl (C=O) groups excluding carboxylic acids is 1. The van der Waals surface area contributed by atoms with Gasteiger partial charge < -0.3 is 10.1 Å². The van der Waals surface area contributed by atoms with Crippen LogP contribution in [0, 0.1) is 0 Å². The number of amides is 1. The molecular formula is C20H20ClN3O2S. The standard InChI is InChI=1S/C20H20ClN3O2S/c1-13(2)26-17-6-4-3-5-15(17)12-22-24-20-23-19(25)18(27-20)11-14-7-9-16(21)10-8-14/h3-10,12-13,18H,11H2,1-2H3,(H,23,24,25)/b22-12+. The van der Waals surface area contributed by atoms with Gasteiger partial charge in [-0.3, -0.25) is 4.79 Å². The van der Waals surface area contributed by atoms with E-state index in [1.165, 1.54) is 11.8 Å². The maximum atomic E-state index is 12.2. The molecule has 0 aliphatic carbocycles. The molecule has 1 saturated heterocycles. The van der Waals surface area contributed by atoms with Crippen LogP contribution in [0.5, 0.6) is 5.75 Å². The van der Waals surface area contributed by atoms with E-state index in [0.717, 1.165) is 16.9 Å². The monoisotopic (exact) mass is 401 g/mol. The third kappa shape index (κ3) is 5.58. The fraction of sp³-hybridized carbons (Fsp3) is 0.250. The molecule has 7 heteroatoms. The van der Waals surface area contributed by atoms with Gasteiger partial charge in [-0.25, -0.2) is 0 Å². The number of nitrogens with one attached hydrogen (secondary N) is 1. The summed E-state index contributed by atoms with van der Waals surface area (Å²) in [6.45, 7) is 3.94. The van der Waals surface area contributed by atoms with Gasteiger partial charge in [-0.15, -0.1) is 5.10 Å². The summed E-state index contributed by atoms with van der Waals surface area (Å²) in [5.41, 5.74) is 1.89. The van der Waals surface area contributed by atoms with Crippen molar-refractivity contribution in [1.29, 1.82) is 0 Å². The Kier molecular flexibility index (Phi) is 6.53. The first-order valence-corrected chi connectivity index (χ1v) is 9.85. The Hall–Kier alpha value is -2.31. The van der Waals surface area contributed by atoms with E-state index in [0.29, 0.717) is 16.6 Å². The Bertz CT molecular complexity index is 866. The van der Waals surface area contributed by atoms with E-state index in [1.54, 1.807) is 6.21 Å². The quantitative estimate of drug-likeness (QED) is 0.580. The molecule has 0 saturated carbocycles. The van der Waals surface area contributed by atoms with Crippen molar-refractivity contribution in [3.63, 3.8) is 0 Å². The van der Waals surface area contributed by atoms with Crippen molar-refractivity contribution < 1.29 is 9.53 Å². The molecule has 140 valence electrons. The Balaban J connectivity index is 1.64. The minimum Gasteiger partial charge on any atom is -0.490 e. The van der Waals surface area contributed by atoms with Crippen LogP contribution < -0.4 is 10.1 Å². The highest BCUT2D eigenvalue weighted by molar-refractivity contribution is 8.15. The molecule has 1 unspecified atom stereocenters. The lowest BCUT2D eigenvalue weighted by atomic mass is 10.1. The summed E-state index contributed by atoms with van der Waals surface area (Å²) < 4.78 is 5.75. The van der Waals surface area contributed by atoms with Crippen LogP contribution in [0.2, 0.25) is 5.02 Å². The number of halogens is 1. The van der Waals surface area contributed by atoms with Crippen LogP contribution >= 0.6 is 23.4 Å². The molecule has 1 heterocycles. The van der Waals surface area contributed by atoms with Gasteiger partial charge in [-0.2, -0.15) is 5.10 Å². The number of nitrogens with zero attached hydrogens (tertiary/aromatic N) is 2. The van der Waals surface area contributed by atoms with Crippen molar-refractivity contribution in [2.45, 2.75) is 31.6 Å². The lowest BCUT2D eigenvalue weighted by molar-refractivity contribution is -0.118. The fourth-order valence-electron chi connectivity index (χ4n) is 2.51. The van der Waals surface area contributed by atoms with E-state index in [-0.39, 0.29) is 17.3 Å². The van der Waals surface area contributed by atoms with Crippen molar-refractivity contribution in [2.24, 2.45) is 10.2 Å². The molecular weight excluding hydrogens is 382 g/mol. The first-order chi connectivity index (χ1) is 13.0. The van der Waals surface area contributed by atoms with Crippen LogP contribution in [-0.2, 0) is 11.2 Å². The highest BCUT2D eigenvalue weighted by Crippen LogP contribution is 2.24. The molecule has 2 aromatic carbocycles. The maximum Gasteiger partial charge on any atom is 0.239 e. The van der Waals surface area contributed by atoms with Crippen molar-refractivity contribution in [3.05, 3.63) is 64.7 Å². The molecule has 27 heavy (non-hydrogen) atoms. The summed E-state index contributed by atoms with van der Waals surface area (Å²) in [6, 6.07) is 15.1. The highest BCUT2D eigenvalue weighted by atomic mass is 35.5. The van der Waals surface area contributed by atoms with Crippen LogP contribution in [0.3, 0.4) is 0 Å². The van der Waals surface area contributed by atoms with Gasteiger partial charge in [0.15, 0.2) is 5.17 Å². The van der Waals surface area contributed by atoms with Gasteiger partial charge >= 0.3 is 0 Å². The van der Waals surface area contributed by atoms with E-state index in [9.17, 15) is 4.79 Å². The second-order valence-electron chi connectivity index (χ2n) is 6.28. The second-order valence-corrected chi connectivity index (χ2v) is 7.91. The Labute approximate surface area is 167 Å². The van der Waals surface area contributed by atoms with Crippen LogP contribution in [-0.4, -0.2) is 28.6 Å². The van der Waals surface area contributed by atoms with E-state index in [1.807, 2.05) is 62.4 Å². The van der Waals surface area contributed by atoms with Crippen LogP contribution in [0.1, 0.15) is 25.0 Å². The summed E-state index contributed by atoms with van der Waals surface area (Å²) in [6.07, 6.45) is 2.31. The highest BCUT2D eigenvalue weighted by Gasteiger charge is 2.30. The minimum atomic E-state index is -0.225. The van der Waals surface area contributed by atoms with Crippen molar-refractivity contribution >= 4 is 40.7 Å². The molecule has 0 aromatic heterocycles. The van der Waals surface area contributed by atoms with E-state index in [4.69, 9.17) is 16.3 Å². The Morgan fingerprint density at radius 3 is 2.70 bits per heavy atom. The van der Waals surface area contributed by atoms with Gasteiger partial charge in [0, 0.05) is 10.6 Å². The van der Waals surface area contributed by atoms with Crippen LogP contribution in [0.25, 0.3) is 0 Å². The summed E-state index contributed by atoms with van der Waals surface area (Å²) in [5.74, 6) is 0.688. The predicted molar refractivity (Wildman–Crippen MR) is 112 cm³/mol. The van der Waals surface area contributed by atoms with Gasteiger partial charge in [0.1, 0.15) is 5.75 Å².